The number of amides is 1. The molecule has 0 aliphatic carbocycles. The quantitative estimate of drug-likeness (QED) is 0.693. The van der Waals surface area contributed by atoms with E-state index in [0.717, 1.165) is 23.5 Å². The van der Waals surface area contributed by atoms with Crippen LogP contribution in [0, 0.1) is 18.6 Å². The Bertz CT molecular complexity index is 986. The summed E-state index contributed by atoms with van der Waals surface area (Å²) >= 11 is 0. The fourth-order valence-electron chi connectivity index (χ4n) is 2.53. The highest BCUT2D eigenvalue weighted by atomic mass is 19.1. The van der Waals surface area contributed by atoms with Crippen molar-refractivity contribution in [2.45, 2.75) is 6.92 Å². The van der Waals surface area contributed by atoms with Gasteiger partial charge in [-0.1, -0.05) is 6.07 Å². The molecule has 3 rings (SSSR count). The van der Waals surface area contributed by atoms with Gasteiger partial charge < -0.3 is 15.5 Å². The second-order valence-electron chi connectivity index (χ2n) is 6.30. The molecule has 0 radical (unpaired) electrons. The summed E-state index contributed by atoms with van der Waals surface area (Å²) in [4.78, 5) is 22.7. The maximum absolute atomic E-state index is 13.8. The van der Waals surface area contributed by atoms with Crippen LogP contribution in [0.5, 0.6) is 0 Å². The van der Waals surface area contributed by atoms with Crippen molar-refractivity contribution >= 4 is 28.8 Å². The van der Waals surface area contributed by atoms with Gasteiger partial charge in [-0.05, 0) is 43.3 Å². The topological polar surface area (TPSA) is 70.2 Å². The maximum atomic E-state index is 13.8. The minimum atomic E-state index is -0.863. The lowest BCUT2D eigenvalue weighted by atomic mass is 10.2. The highest BCUT2D eigenvalue weighted by Crippen LogP contribution is 2.21. The molecule has 1 amide bonds. The molecule has 0 unspecified atom stereocenters. The predicted octanol–water partition coefficient (Wildman–Crippen LogP) is 4.13. The zero-order valence-electron chi connectivity index (χ0n) is 15.6. The van der Waals surface area contributed by atoms with Crippen molar-refractivity contribution in [3.05, 3.63) is 71.7 Å². The van der Waals surface area contributed by atoms with E-state index in [2.05, 4.69) is 20.6 Å². The number of halogens is 2. The molecular formula is C20H19F2N5O. The monoisotopic (exact) mass is 383 g/mol. The Morgan fingerprint density at radius 3 is 2.25 bits per heavy atom. The van der Waals surface area contributed by atoms with E-state index in [0.29, 0.717) is 11.6 Å². The van der Waals surface area contributed by atoms with Crippen molar-refractivity contribution in [2.75, 3.05) is 29.6 Å². The van der Waals surface area contributed by atoms with E-state index in [1.165, 1.54) is 12.1 Å². The lowest BCUT2D eigenvalue weighted by Crippen LogP contribution is -2.17. The Balaban J connectivity index is 1.81. The molecule has 144 valence electrons. The van der Waals surface area contributed by atoms with Gasteiger partial charge in [0.25, 0.3) is 5.91 Å². The highest BCUT2D eigenvalue weighted by Gasteiger charge is 2.16. The molecule has 0 aliphatic heterocycles. The van der Waals surface area contributed by atoms with E-state index in [-0.39, 0.29) is 5.69 Å². The number of hydrogen-bond donors (Lipinski definition) is 2. The summed E-state index contributed by atoms with van der Waals surface area (Å²) in [5.41, 5.74) is 1.28. The zero-order chi connectivity index (χ0) is 20.3. The molecule has 3 aromatic rings. The Kier molecular flexibility index (Phi) is 5.49. The molecule has 2 N–H and O–H groups in total. The molecule has 0 saturated heterocycles. The average Bonchev–Trinajstić information content (AvgIpc) is 2.64. The summed E-state index contributed by atoms with van der Waals surface area (Å²) in [6.07, 6.45) is 0. The molecule has 0 atom stereocenters. The van der Waals surface area contributed by atoms with Gasteiger partial charge in [-0.2, -0.15) is 0 Å². The summed E-state index contributed by atoms with van der Waals surface area (Å²) in [6, 6.07) is 12.4. The minimum Gasteiger partial charge on any atom is -0.378 e. The summed E-state index contributed by atoms with van der Waals surface area (Å²) < 4.78 is 27.5. The first-order valence-electron chi connectivity index (χ1n) is 8.49. The van der Waals surface area contributed by atoms with Crippen LogP contribution in [-0.2, 0) is 0 Å². The number of nitrogens with zero attached hydrogens (tertiary/aromatic N) is 3. The number of para-hydroxylation sites is 1. The maximum Gasteiger partial charge on any atom is 0.274 e. The molecule has 1 heterocycles. The highest BCUT2D eigenvalue weighted by molar-refractivity contribution is 6.03. The number of carbonyl (C=O) groups excluding carboxylic acids is 1. The lowest BCUT2D eigenvalue weighted by molar-refractivity contribution is 0.102. The van der Waals surface area contributed by atoms with Crippen molar-refractivity contribution in [2.24, 2.45) is 0 Å². The Morgan fingerprint density at radius 1 is 1.00 bits per heavy atom. The van der Waals surface area contributed by atoms with Crippen LogP contribution in [0.4, 0.5) is 31.7 Å². The van der Waals surface area contributed by atoms with Gasteiger partial charge in [0.15, 0.2) is 0 Å². The number of hydrogen-bond acceptors (Lipinski definition) is 5. The van der Waals surface area contributed by atoms with Crippen molar-refractivity contribution in [3.63, 3.8) is 0 Å². The predicted molar refractivity (Wildman–Crippen MR) is 105 cm³/mol. The molecule has 2 aromatic carbocycles. The van der Waals surface area contributed by atoms with Gasteiger partial charge in [0, 0.05) is 31.5 Å². The Labute approximate surface area is 161 Å². The summed E-state index contributed by atoms with van der Waals surface area (Å²) in [5.74, 6) is -1.73. The molecule has 6 nitrogen and oxygen atoms in total. The van der Waals surface area contributed by atoms with Gasteiger partial charge in [0.2, 0.25) is 0 Å². The van der Waals surface area contributed by atoms with Gasteiger partial charge in [-0.15, -0.1) is 0 Å². The fraction of sp³-hybridized carbons (Fsp3) is 0.150. The van der Waals surface area contributed by atoms with Crippen LogP contribution >= 0.6 is 0 Å². The van der Waals surface area contributed by atoms with Gasteiger partial charge in [0.05, 0.1) is 0 Å². The third-order valence-electron chi connectivity index (χ3n) is 3.93. The fourth-order valence-corrected chi connectivity index (χ4v) is 2.53. The van der Waals surface area contributed by atoms with E-state index in [1.807, 2.05) is 43.3 Å². The third-order valence-corrected chi connectivity index (χ3v) is 3.93. The number of rotatable bonds is 5. The summed E-state index contributed by atoms with van der Waals surface area (Å²) in [6.45, 7) is 1.63. The van der Waals surface area contributed by atoms with Crippen LogP contribution in [-0.4, -0.2) is 30.0 Å². The van der Waals surface area contributed by atoms with E-state index in [4.69, 9.17) is 0 Å². The van der Waals surface area contributed by atoms with Crippen LogP contribution in [0.1, 0.15) is 16.3 Å². The first-order valence-corrected chi connectivity index (χ1v) is 8.49. The third kappa shape index (κ3) is 4.40. The smallest absolute Gasteiger partial charge is 0.274 e. The molecule has 0 saturated carbocycles. The number of anilines is 4. The molecule has 0 fully saturated rings. The first kappa shape index (κ1) is 19.2. The summed E-state index contributed by atoms with van der Waals surface area (Å²) in [5, 5.41) is 5.32. The molecule has 0 spiro atoms. The van der Waals surface area contributed by atoms with Crippen molar-refractivity contribution in [3.8, 4) is 0 Å². The van der Waals surface area contributed by atoms with Crippen molar-refractivity contribution in [1.29, 1.82) is 0 Å². The number of aryl methyl sites for hydroxylation is 1. The Hall–Kier alpha value is -3.55. The van der Waals surface area contributed by atoms with Gasteiger partial charge in [0.1, 0.15) is 34.7 Å². The molecule has 8 heteroatoms. The molecular weight excluding hydrogens is 364 g/mol. The van der Waals surface area contributed by atoms with Crippen LogP contribution in [0.3, 0.4) is 0 Å². The van der Waals surface area contributed by atoms with Gasteiger partial charge in [-0.3, -0.25) is 4.79 Å². The molecule has 1 aromatic heterocycles. The van der Waals surface area contributed by atoms with E-state index >= 15 is 0 Å². The second-order valence-corrected chi connectivity index (χ2v) is 6.30. The largest absolute Gasteiger partial charge is 0.378 e. The van der Waals surface area contributed by atoms with Crippen molar-refractivity contribution in [1.82, 2.24) is 9.97 Å². The molecule has 28 heavy (non-hydrogen) atoms. The number of benzene rings is 2. The second kappa shape index (κ2) is 7.99. The van der Waals surface area contributed by atoms with Crippen molar-refractivity contribution < 1.29 is 13.6 Å². The summed E-state index contributed by atoms with van der Waals surface area (Å²) in [7, 11) is 3.89. The van der Waals surface area contributed by atoms with Gasteiger partial charge in [-0.25, -0.2) is 18.7 Å². The van der Waals surface area contributed by atoms with E-state index in [9.17, 15) is 13.6 Å². The van der Waals surface area contributed by atoms with E-state index in [1.54, 1.807) is 6.92 Å². The SMILES string of the molecule is Cc1nc(Nc2ccc(N(C)C)cc2)cc(C(=O)Nc2c(F)cccc2F)n1. The lowest BCUT2D eigenvalue weighted by Gasteiger charge is -2.13. The standard InChI is InChI=1S/C20H19F2N5O/c1-12-23-17(20(28)26-19-15(21)5-4-6-16(19)22)11-18(24-12)25-13-7-9-14(10-8-13)27(2)3/h4-11H,1-3H3,(H,26,28)(H,23,24,25). The van der Waals surface area contributed by atoms with Crippen LogP contribution < -0.4 is 15.5 Å². The molecule has 0 aliphatic rings. The Morgan fingerprint density at radius 2 is 1.64 bits per heavy atom. The normalized spacial score (nSPS) is 10.5. The van der Waals surface area contributed by atoms with E-state index < -0.39 is 23.2 Å². The first-order chi connectivity index (χ1) is 13.3. The number of carbonyl (C=O) groups is 1. The van der Waals surface area contributed by atoms with Gasteiger partial charge >= 0.3 is 0 Å². The van der Waals surface area contributed by atoms with Crippen LogP contribution in [0.2, 0.25) is 0 Å². The average molecular weight is 383 g/mol. The minimum absolute atomic E-state index is 0.0115. The number of nitrogens with one attached hydrogen (secondary N) is 2. The van der Waals surface area contributed by atoms with Crippen LogP contribution in [0.15, 0.2) is 48.5 Å². The van der Waals surface area contributed by atoms with Crippen LogP contribution in [0.25, 0.3) is 0 Å². The molecule has 0 bridgehead atoms. The number of aromatic nitrogens is 2. The zero-order valence-corrected chi connectivity index (χ0v) is 15.6.